The van der Waals surface area contributed by atoms with Gasteiger partial charge in [-0.05, 0) is 37.8 Å². The number of rotatable bonds is 8. The molecule has 2 rings (SSSR count). The van der Waals surface area contributed by atoms with Gasteiger partial charge in [-0.3, -0.25) is 4.79 Å². The number of aliphatic carboxylic acids is 1. The lowest BCUT2D eigenvalue weighted by Crippen LogP contribution is -2.06. The molecule has 1 unspecified atom stereocenters. The van der Waals surface area contributed by atoms with Crippen molar-refractivity contribution in [3.05, 3.63) is 34.7 Å². The van der Waals surface area contributed by atoms with Gasteiger partial charge in [0, 0.05) is 11.0 Å². The Kier molecular flexibility index (Phi) is 6.26. The Morgan fingerprint density at radius 2 is 2.23 bits per heavy atom. The number of pyridine rings is 1. The van der Waals surface area contributed by atoms with Gasteiger partial charge in [0.15, 0.2) is 0 Å². The molecule has 0 aromatic carbocycles. The van der Waals surface area contributed by atoms with Crippen LogP contribution in [-0.2, 0) is 17.6 Å². The monoisotopic (exact) mass is 386 g/mol. The largest absolute Gasteiger partial charge is 0.481 e. The van der Waals surface area contributed by atoms with E-state index >= 15 is 0 Å². The molecule has 0 saturated heterocycles. The second-order valence-electron chi connectivity index (χ2n) is 5.40. The van der Waals surface area contributed by atoms with E-state index in [1.807, 2.05) is 6.07 Å². The van der Waals surface area contributed by atoms with Gasteiger partial charge >= 0.3 is 5.97 Å². The molecule has 4 nitrogen and oxygen atoms in total. The van der Waals surface area contributed by atoms with Crippen molar-refractivity contribution in [1.82, 2.24) is 9.38 Å². The Labute approximate surface area is 143 Å². The Bertz CT molecular complexity index is 657. The molecule has 1 atom stereocenters. The zero-order valence-electron chi connectivity index (χ0n) is 12.6. The molecule has 0 amide bonds. The van der Waals surface area contributed by atoms with Crippen LogP contribution in [0, 0.1) is 0 Å². The minimum absolute atomic E-state index is 0.0348. The summed E-state index contributed by atoms with van der Waals surface area (Å²) in [5, 5.41) is 9.71. The SMILES string of the molecule is CCC(Br)CCCCc1nc2ccc(Cl)cn2c1CC(=O)O. The van der Waals surface area contributed by atoms with Crippen LogP contribution in [0.4, 0.5) is 0 Å². The van der Waals surface area contributed by atoms with E-state index in [0.29, 0.717) is 9.85 Å². The molecule has 2 aromatic rings. The van der Waals surface area contributed by atoms with Crippen molar-refractivity contribution in [2.75, 3.05) is 0 Å². The van der Waals surface area contributed by atoms with Gasteiger partial charge in [-0.1, -0.05) is 40.9 Å². The smallest absolute Gasteiger partial charge is 0.309 e. The van der Waals surface area contributed by atoms with E-state index in [2.05, 4.69) is 27.8 Å². The molecule has 22 heavy (non-hydrogen) atoms. The number of hydrogen-bond acceptors (Lipinski definition) is 2. The molecule has 0 spiro atoms. The van der Waals surface area contributed by atoms with E-state index in [4.69, 9.17) is 16.7 Å². The minimum atomic E-state index is -0.852. The van der Waals surface area contributed by atoms with Crippen molar-refractivity contribution in [2.45, 2.75) is 50.3 Å². The topological polar surface area (TPSA) is 54.6 Å². The first kappa shape index (κ1) is 17.3. The molecule has 0 aliphatic carbocycles. The molecule has 0 aliphatic heterocycles. The number of alkyl halides is 1. The molecular formula is C16H20BrClN2O2. The fourth-order valence-corrected chi connectivity index (χ4v) is 2.99. The number of imidazole rings is 1. The lowest BCUT2D eigenvalue weighted by atomic mass is 10.1. The summed E-state index contributed by atoms with van der Waals surface area (Å²) in [6.07, 6.45) is 6.85. The highest BCUT2D eigenvalue weighted by Crippen LogP contribution is 2.20. The number of hydrogen-bond donors (Lipinski definition) is 1. The number of carbonyl (C=O) groups is 1. The number of aromatic nitrogens is 2. The van der Waals surface area contributed by atoms with E-state index in [1.165, 1.54) is 0 Å². The fourth-order valence-electron chi connectivity index (χ4n) is 2.51. The Hall–Kier alpha value is -1.07. The molecule has 0 fully saturated rings. The normalized spacial score (nSPS) is 12.7. The molecule has 0 radical (unpaired) electrons. The number of unbranched alkanes of at least 4 members (excludes halogenated alkanes) is 1. The van der Waals surface area contributed by atoms with Gasteiger partial charge in [0.1, 0.15) is 5.65 Å². The average Bonchev–Trinajstić information content (AvgIpc) is 2.80. The first-order valence-corrected chi connectivity index (χ1v) is 8.81. The maximum absolute atomic E-state index is 11.1. The minimum Gasteiger partial charge on any atom is -0.481 e. The van der Waals surface area contributed by atoms with Gasteiger partial charge in [0.2, 0.25) is 0 Å². The summed E-state index contributed by atoms with van der Waals surface area (Å²) in [6, 6.07) is 3.59. The molecule has 120 valence electrons. The number of carboxylic acids is 1. The maximum atomic E-state index is 11.1. The highest BCUT2D eigenvalue weighted by Gasteiger charge is 2.15. The van der Waals surface area contributed by atoms with E-state index < -0.39 is 5.97 Å². The Morgan fingerprint density at radius 3 is 2.91 bits per heavy atom. The van der Waals surface area contributed by atoms with Crippen LogP contribution >= 0.6 is 27.5 Å². The molecule has 2 aromatic heterocycles. The first-order valence-electron chi connectivity index (χ1n) is 7.52. The third-order valence-electron chi connectivity index (χ3n) is 3.71. The third-order valence-corrected chi connectivity index (χ3v) is 5.04. The second kappa shape index (κ2) is 7.97. The molecule has 0 aliphatic rings. The van der Waals surface area contributed by atoms with Crippen molar-refractivity contribution in [3.63, 3.8) is 0 Å². The summed E-state index contributed by atoms with van der Waals surface area (Å²) in [7, 11) is 0. The molecule has 1 N–H and O–H groups in total. The summed E-state index contributed by atoms with van der Waals surface area (Å²) in [6.45, 7) is 2.16. The average molecular weight is 388 g/mol. The molecular weight excluding hydrogens is 368 g/mol. The van der Waals surface area contributed by atoms with Gasteiger partial charge in [0.05, 0.1) is 22.8 Å². The van der Waals surface area contributed by atoms with Crippen molar-refractivity contribution in [3.8, 4) is 0 Å². The van der Waals surface area contributed by atoms with Crippen LogP contribution in [-0.4, -0.2) is 25.3 Å². The number of carboxylic acid groups (broad SMARTS) is 1. The first-order chi connectivity index (χ1) is 10.5. The van der Waals surface area contributed by atoms with E-state index in [0.717, 1.165) is 49.1 Å². The second-order valence-corrected chi connectivity index (χ2v) is 7.13. The van der Waals surface area contributed by atoms with Gasteiger partial charge in [-0.25, -0.2) is 4.98 Å². The number of halogens is 2. The van der Waals surface area contributed by atoms with E-state index in [9.17, 15) is 4.79 Å². The quantitative estimate of drug-likeness (QED) is 0.536. The third kappa shape index (κ3) is 4.46. The summed E-state index contributed by atoms with van der Waals surface area (Å²) in [5.74, 6) is -0.852. The van der Waals surface area contributed by atoms with Crippen molar-refractivity contribution < 1.29 is 9.90 Å². The van der Waals surface area contributed by atoms with Crippen molar-refractivity contribution >= 4 is 39.1 Å². The summed E-state index contributed by atoms with van der Waals surface area (Å²) in [5.41, 5.74) is 2.35. The standard InChI is InChI=1S/C16H20BrClN2O2/c1-2-11(17)5-3-4-6-13-14(9-16(21)22)20-10-12(18)7-8-15(20)19-13/h7-8,10-11H,2-6,9H2,1H3,(H,21,22). The van der Waals surface area contributed by atoms with Crippen LogP contribution in [0.15, 0.2) is 18.3 Å². The van der Waals surface area contributed by atoms with Gasteiger partial charge in [0.25, 0.3) is 0 Å². The van der Waals surface area contributed by atoms with Gasteiger partial charge in [-0.15, -0.1) is 0 Å². The van der Waals surface area contributed by atoms with Crippen LogP contribution in [0.2, 0.25) is 5.02 Å². The van der Waals surface area contributed by atoms with Crippen LogP contribution < -0.4 is 0 Å². The predicted molar refractivity (Wildman–Crippen MR) is 92.1 cm³/mol. The summed E-state index contributed by atoms with van der Waals surface area (Å²) in [4.78, 5) is 16.3. The lowest BCUT2D eigenvalue weighted by Gasteiger charge is -2.06. The predicted octanol–water partition coefficient (Wildman–Crippen LogP) is 4.50. The van der Waals surface area contributed by atoms with Crippen LogP contribution in [0.1, 0.15) is 44.0 Å². The van der Waals surface area contributed by atoms with Crippen molar-refractivity contribution in [2.24, 2.45) is 0 Å². The number of fused-ring (bicyclic) bond motifs is 1. The van der Waals surface area contributed by atoms with Gasteiger partial charge in [-0.2, -0.15) is 0 Å². The Balaban J connectivity index is 2.15. The van der Waals surface area contributed by atoms with Crippen LogP contribution in [0.5, 0.6) is 0 Å². The van der Waals surface area contributed by atoms with Crippen LogP contribution in [0.25, 0.3) is 5.65 Å². The lowest BCUT2D eigenvalue weighted by molar-refractivity contribution is -0.136. The Morgan fingerprint density at radius 1 is 1.45 bits per heavy atom. The zero-order valence-corrected chi connectivity index (χ0v) is 14.9. The van der Waals surface area contributed by atoms with E-state index in [1.54, 1.807) is 16.7 Å². The summed E-state index contributed by atoms with van der Waals surface area (Å²) >= 11 is 9.65. The van der Waals surface area contributed by atoms with Crippen molar-refractivity contribution in [1.29, 1.82) is 0 Å². The van der Waals surface area contributed by atoms with E-state index in [-0.39, 0.29) is 6.42 Å². The zero-order chi connectivity index (χ0) is 16.1. The number of aryl methyl sites for hydroxylation is 1. The highest BCUT2D eigenvalue weighted by molar-refractivity contribution is 9.09. The van der Waals surface area contributed by atoms with Gasteiger partial charge < -0.3 is 9.51 Å². The fraction of sp³-hybridized carbons (Fsp3) is 0.500. The van der Waals surface area contributed by atoms with Crippen LogP contribution in [0.3, 0.4) is 0 Å². The number of nitrogens with zero attached hydrogens (tertiary/aromatic N) is 2. The molecule has 6 heteroatoms. The maximum Gasteiger partial charge on any atom is 0.309 e. The molecule has 0 saturated carbocycles. The molecule has 0 bridgehead atoms. The highest BCUT2D eigenvalue weighted by atomic mass is 79.9. The molecule has 2 heterocycles. The summed E-state index contributed by atoms with van der Waals surface area (Å²) < 4.78 is 1.80.